The van der Waals surface area contributed by atoms with Gasteiger partial charge in [0, 0.05) is 6.19 Å². The number of rotatable bonds is 5. The van der Waals surface area contributed by atoms with E-state index in [1.54, 1.807) is 11.0 Å². The lowest BCUT2D eigenvalue weighted by molar-refractivity contribution is -0.0909. The van der Waals surface area contributed by atoms with Gasteiger partial charge in [0.2, 0.25) is 4.77 Å². The third-order valence-electron chi connectivity index (χ3n) is 5.92. The minimum Gasteiger partial charge on any atom is -0.387 e. The predicted molar refractivity (Wildman–Crippen MR) is 126 cm³/mol. The van der Waals surface area contributed by atoms with Crippen LogP contribution in [0.1, 0.15) is 46.1 Å². The third kappa shape index (κ3) is 4.67. The Hall–Kier alpha value is -0.810. The van der Waals surface area contributed by atoms with Crippen LogP contribution in [0, 0.1) is 16.1 Å². The molecule has 1 N–H and O–H groups in total. The standard InChI is InChI=1S/C19H28N3OPS2.C2H6/c1-18(2)11-10-16(12-15-8-6-5-7-9-15)19(18,23)13-21-17(25)22(14-20-21)24(3,4)26;1-2/h5-9,14,16,23H,10-13H2,1-4H3;1-2H3. The Morgan fingerprint density at radius 2 is 1.82 bits per heavy atom. The molecule has 2 aromatic rings. The van der Waals surface area contributed by atoms with Crippen LogP contribution in [0.3, 0.4) is 0 Å². The maximum Gasteiger partial charge on any atom is 0.201 e. The van der Waals surface area contributed by atoms with Gasteiger partial charge in [-0.05, 0) is 61.7 Å². The molecule has 1 fully saturated rings. The molecule has 0 saturated heterocycles. The average molecular weight is 440 g/mol. The fraction of sp³-hybridized carbons (Fsp3) is 0.619. The van der Waals surface area contributed by atoms with Gasteiger partial charge in [0.05, 0.1) is 12.1 Å². The summed E-state index contributed by atoms with van der Waals surface area (Å²) in [6.07, 6.45) is 2.88. The van der Waals surface area contributed by atoms with Crippen molar-refractivity contribution in [1.29, 1.82) is 0 Å². The number of aliphatic hydroxyl groups is 1. The number of hydrogen-bond acceptors (Lipinski definition) is 4. The molecule has 1 heterocycles. The summed E-state index contributed by atoms with van der Waals surface area (Å²) in [6, 6.07) is 10.4. The summed E-state index contributed by atoms with van der Waals surface area (Å²) in [5, 5.41) is 16.3. The molecule has 2 atom stereocenters. The highest BCUT2D eigenvalue weighted by Crippen LogP contribution is 2.51. The van der Waals surface area contributed by atoms with Crippen molar-refractivity contribution in [1.82, 2.24) is 14.1 Å². The van der Waals surface area contributed by atoms with Crippen molar-refractivity contribution in [3.05, 3.63) is 47.0 Å². The van der Waals surface area contributed by atoms with Crippen molar-refractivity contribution in [2.75, 3.05) is 13.3 Å². The molecule has 1 aliphatic carbocycles. The van der Waals surface area contributed by atoms with E-state index in [2.05, 4.69) is 43.2 Å². The fourth-order valence-corrected chi connectivity index (χ4v) is 6.15. The first-order valence-corrected chi connectivity index (χ1v) is 14.1. The lowest BCUT2D eigenvalue weighted by atomic mass is 9.72. The van der Waals surface area contributed by atoms with Crippen molar-refractivity contribution in [3.8, 4) is 0 Å². The Kier molecular flexibility index (Phi) is 7.47. The Morgan fingerprint density at radius 1 is 1.21 bits per heavy atom. The summed E-state index contributed by atoms with van der Waals surface area (Å²) in [5.41, 5.74) is 0.217. The third-order valence-corrected chi connectivity index (χ3v) is 8.32. The van der Waals surface area contributed by atoms with Gasteiger partial charge in [-0.1, -0.05) is 69.8 Å². The molecule has 2 unspecified atom stereocenters. The molecule has 1 aromatic heterocycles. The zero-order chi connectivity index (χ0) is 21.2. The Morgan fingerprint density at radius 3 is 2.36 bits per heavy atom. The molecule has 1 aromatic carbocycles. The highest BCUT2D eigenvalue weighted by Gasteiger charge is 2.54. The topological polar surface area (TPSA) is 43.0 Å². The summed E-state index contributed by atoms with van der Waals surface area (Å²) < 4.78 is 4.32. The maximum atomic E-state index is 11.8. The van der Waals surface area contributed by atoms with E-state index in [1.165, 1.54) is 5.56 Å². The van der Waals surface area contributed by atoms with E-state index in [0.717, 1.165) is 19.3 Å². The smallest absolute Gasteiger partial charge is 0.201 e. The summed E-state index contributed by atoms with van der Waals surface area (Å²) >= 11 is 11.2. The minimum absolute atomic E-state index is 0.179. The summed E-state index contributed by atoms with van der Waals surface area (Å²) in [6.45, 7) is 12.8. The molecule has 156 valence electrons. The zero-order valence-electron chi connectivity index (χ0n) is 17.9. The molecular formula is C21H34N3OPS2. The van der Waals surface area contributed by atoms with E-state index in [-0.39, 0.29) is 11.3 Å². The summed E-state index contributed by atoms with van der Waals surface area (Å²) in [4.78, 5) is 0. The number of aromatic nitrogens is 3. The van der Waals surface area contributed by atoms with E-state index in [0.29, 0.717) is 11.3 Å². The van der Waals surface area contributed by atoms with Gasteiger partial charge >= 0.3 is 0 Å². The van der Waals surface area contributed by atoms with Crippen LogP contribution in [-0.2, 0) is 24.8 Å². The lowest BCUT2D eigenvalue weighted by Gasteiger charge is -2.40. The van der Waals surface area contributed by atoms with Crippen molar-refractivity contribution in [2.24, 2.45) is 11.3 Å². The molecule has 3 rings (SSSR count). The largest absolute Gasteiger partial charge is 0.387 e. The Balaban J connectivity index is 0.00000136. The van der Waals surface area contributed by atoms with Gasteiger partial charge < -0.3 is 5.11 Å². The molecule has 7 heteroatoms. The monoisotopic (exact) mass is 439 g/mol. The quantitative estimate of drug-likeness (QED) is 0.504. The molecule has 0 spiro atoms. The Bertz CT molecular complexity index is 885. The zero-order valence-corrected chi connectivity index (χ0v) is 20.4. The maximum absolute atomic E-state index is 11.8. The van der Waals surface area contributed by atoms with Crippen LogP contribution < -0.4 is 0 Å². The molecule has 28 heavy (non-hydrogen) atoms. The summed E-state index contributed by atoms with van der Waals surface area (Å²) in [5.74, 6) is 0.179. The Labute approximate surface area is 180 Å². The molecule has 1 saturated carbocycles. The average Bonchev–Trinajstić information content (AvgIpc) is 3.10. The van der Waals surface area contributed by atoms with Gasteiger partial charge in [0.25, 0.3) is 0 Å². The predicted octanol–water partition coefficient (Wildman–Crippen LogP) is 5.35. The second-order valence-corrected chi connectivity index (χ2v) is 14.5. The highest BCUT2D eigenvalue weighted by molar-refractivity contribution is 8.13. The summed E-state index contributed by atoms with van der Waals surface area (Å²) in [7, 11) is 0. The second kappa shape index (κ2) is 8.91. The van der Waals surface area contributed by atoms with Crippen molar-refractivity contribution < 1.29 is 5.11 Å². The van der Waals surface area contributed by atoms with E-state index < -0.39 is 11.8 Å². The molecule has 0 aliphatic heterocycles. The number of benzene rings is 1. The van der Waals surface area contributed by atoms with Gasteiger partial charge in [-0.15, -0.1) is 0 Å². The van der Waals surface area contributed by atoms with Crippen molar-refractivity contribution in [2.45, 2.75) is 59.1 Å². The molecule has 4 nitrogen and oxygen atoms in total. The molecule has 1 aliphatic rings. The van der Waals surface area contributed by atoms with Crippen LogP contribution in [0.25, 0.3) is 0 Å². The van der Waals surface area contributed by atoms with Gasteiger partial charge in [-0.3, -0.25) is 4.34 Å². The molecule has 0 amide bonds. The van der Waals surface area contributed by atoms with E-state index in [1.807, 2.05) is 37.6 Å². The van der Waals surface area contributed by atoms with Crippen LogP contribution in [-0.4, -0.2) is 38.2 Å². The van der Waals surface area contributed by atoms with Crippen LogP contribution in [0.15, 0.2) is 36.7 Å². The van der Waals surface area contributed by atoms with Crippen LogP contribution in [0.5, 0.6) is 0 Å². The first-order chi connectivity index (χ1) is 13.0. The normalized spacial score (nSPS) is 23.9. The highest BCUT2D eigenvalue weighted by atomic mass is 32.4. The fourth-order valence-electron chi connectivity index (χ4n) is 4.05. The van der Waals surface area contributed by atoms with E-state index in [9.17, 15) is 5.11 Å². The molecular weight excluding hydrogens is 405 g/mol. The molecule has 0 bridgehead atoms. The lowest BCUT2D eigenvalue weighted by Crippen LogP contribution is -2.49. The minimum atomic E-state index is -1.72. The van der Waals surface area contributed by atoms with Crippen molar-refractivity contribution >= 4 is 30.2 Å². The van der Waals surface area contributed by atoms with Crippen LogP contribution in [0.4, 0.5) is 0 Å². The first-order valence-electron chi connectivity index (χ1n) is 10.0. The SMILES string of the molecule is CC.CC1(C)CCC(Cc2ccccc2)C1(O)Cn1ncn(P(C)(C)=S)c1=S. The van der Waals surface area contributed by atoms with E-state index in [4.69, 9.17) is 24.0 Å². The molecule has 0 radical (unpaired) electrons. The van der Waals surface area contributed by atoms with Crippen molar-refractivity contribution in [3.63, 3.8) is 0 Å². The number of nitrogens with zero attached hydrogens (tertiary/aromatic N) is 3. The van der Waals surface area contributed by atoms with Gasteiger partial charge in [-0.25, -0.2) is 4.68 Å². The number of hydrogen-bond donors (Lipinski definition) is 1. The second-order valence-electron chi connectivity index (χ2n) is 8.44. The van der Waals surface area contributed by atoms with Gasteiger partial charge in [0.15, 0.2) is 0 Å². The van der Waals surface area contributed by atoms with Gasteiger partial charge in [-0.2, -0.15) is 5.10 Å². The first kappa shape index (κ1) is 23.5. The van der Waals surface area contributed by atoms with Gasteiger partial charge in [0.1, 0.15) is 6.33 Å². The van der Waals surface area contributed by atoms with Crippen LogP contribution in [0.2, 0.25) is 0 Å². The van der Waals surface area contributed by atoms with E-state index >= 15 is 0 Å². The van der Waals surface area contributed by atoms with Crippen LogP contribution >= 0.6 is 18.4 Å².